The number of amides is 2. The SMILES string of the molecule is CC/C=C(OC)/C(=C\N(C)C)c1cnc(/C(=C\N)C(=O)Nc2cc(C(=O)NCCC)cnc2C)s1. The smallest absolute Gasteiger partial charge is 0.260 e. The van der Waals surface area contributed by atoms with E-state index in [0.717, 1.165) is 29.1 Å². The molecule has 0 bridgehead atoms. The molecule has 2 rings (SSSR count). The van der Waals surface area contributed by atoms with E-state index in [1.165, 1.54) is 23.7 Å². The number of anilines is 1. The summed E-state index contributed by atoms with van der Waals surface area (Å²) in [6.45, 7) is 6.31. The van der Waals surface area contributed by atoms with Crippen molar-refractivity contribution in [1.29, 1.82) is 0 Å². The number of aryl methyl sites for hydroxylation is 1. The Morgan fingerprint density at radius 3 is 2.54 bits per heavy atom. The van der Waals surface area contributed by atoms with E-state index < -0.39 is 5.91 Å². The lowest BCUT2D eigenvalue weighted by atomic mass is 10.2. The van der Waals surface area contributed by atoms with E-state index in [4.69, 9.17) is 10.5 Å². The van der Waals surface area contributed by atoms with E-state index >= 15 is 0 Å². The van der Waals surface area contributed by atoms with Crippen LogP contribution in [0.5, 0.6) is 0 Å². The second kappa shape index (κ2) is 13.3. The molecule has 2 aromatic rings. The van der Waals surface area contributed by atoms with Gasteiger partial charge in [0, 0.05) is 45.4 Å². The van der Waals surface area contributed by atoms with Gasteiger partial charge in [-0.15, -0.1) is 11.3 Å². The van der Waals surface area contributed by atoms with Crippen molar-refractivity contribution < 1.29 is 14.3 Å². The van der Waals surface area contributed by atoms with Crippen LogP contribution in [-0.4, -0.2) is 54.4 Å². The molecular formula is C25H34N6O3S. The Labute approximate surface area is 210 Å². The van der Waals surface area contributed by atoms with E-state index in [-0.39, 0.29) is 11.5 Å². The Morgan fingerprint density at radius 2 is 1.94 bits per heavy atom. The largest absolute Gasteiger partial charge is 0.496 e. The Balaban J connectivity index is 2.33. The quantitative estimate of drug-likeness (QED) is 0.245. The van der Waals surface area contributed by atoms with Gasteiger partial charge in [-0.25, -0.2) is 4.98 Å². The van der Waals surface area contributed by atoms with Gasteiger partial charge in [-0.3, -0.25) is 14.6 Å². The summed E-state index contributed by atoms with van der Waals surface area (Å²) in [4.78, 5) is 36.9. The minimum absolute atomic E-state index is 0.212. The number of nitrogens with two attached hydrogens (primary N) is 1. The molecule has 2 heterocycles. The summed E-state index contributed by atoms with van der Waals surface area (Å²) in [5.74, 6) is 0.0286. The van der Waals surface area contributed by atoms with Gasteiger partial charge in [0.15, 0.2) is 0 Å². The van der Waals surface area contributed by atoms with Crippen molar-refractivity contribution in [2.24, 2.45) is 5.73 Å². The number of pyridine rings is 1. The second-order valence-electron chi connectivity index (χ2n) is 7.86. The lowest BCUT2D eigenvalue weighted by Gasteiger charge is -2.13. The number of nitrogens with one attached hydrogen (secondary N) is 2. The number of ether oxygens (including phenoxy) is 1. The summed E-state index contributed by atoms with van der Waals surface area (Å²) in [5, 5.41) is 6.07. The lowest BCUT2D eigenvalue weighted by molar-refractivity contribution is -0.111. The first-order valence-corrected chi connectivity index (χ1v) is 12.1. The number of hydrogen-bond acceptors (Lipinski definition) is 8. The highest BCUT2D eigenvalue weighted by Gasteiger charge is 2.20. The zero-order valence-electron chi connectivity index (χ0n) is 21.1. The predicted octanol–water partition coefficient (Wildman–Crippen LogP) is 3.77. The van der Waals surface area contributed by atoms with Crippen LogP contribution in [0.15, 0.2) is 42.7 Å². The molecular weight excluding hydrogens is 464 g/mol. The predicted molar refractivity (Wildman–Crippen MR) is 142 cm³/mol. The van der Waals surface area contributed by atoms with Crippen LogP contribution < -0.4 is 16.4 Å². The number of allylic oxidation sites excluding steroid dienone is 2. The zero-order valence-corrected chi connectivity index (χ0v) is 22.0. The van der Waals surface area contributed by atoms with E-state index in [1.807, 2.05) is 45.1 Å². The Bertz CT molecular complexity index is 1130. The first-order valence-electron chi connectivity index (χ1n) is 11.3. The van der Waals surface area contributed by atoms with Crippen LogP contribution in [-0.2, 0) is 9.53 Å². The highest BCUT2D eigenvalue weighted by Crippen LogP contribution is 2.32. The number of rotatable bonds is 11. The third kappa shape index (κ3) is 7.41. The maximum atomic E-state index is 13.1. The number of carbonyl (C=O) groups excluding carboxylic acids is 2. The molecule has 0 saturated carbocycles. The summed E-state index contributed by atoms with van der Waals surface area (Å²) in [6.07, 6.45) is 9.96. The fraction of sp³-hybridized carbons (Fsp3) is 0.360. The molecule has 0 fully saturated rings. The average Bonchev–Trinajstić information content (AvgIpc) is 3.30. The van der Waals surface area contributed by atoms with Crippen molar-refractivity contribution in [2.75, 3.05) is 33.1 Å². The molecule has 2 aromatic heterocycles. The molecule has 188 valence electrons. The topological polar surface area (TPSA) is 122 Å². The molecule has 4 N–H and O–H groups in total. The molecule has 0 aliphatic rings. The number of methoxy groups -OCH3 is 1. The van der Waals surface area contributed by atoms with Crippen LogP contribution in [0.3, 0.4) is 0 Å². The summed E-state index contributed by atoms with van der Waals surface area (Å²) < 4.78 is 5.59. The van der Waals surface area contributed by atoms with Gasteiger partial charge in [0.05, 0.1) is 40.1 Å². The van der Waals surface area contributed by atoms with Crippen molar-refractivity contribution in [3.63, 3.8) is 0 Å². The van der Waals surface area contributed by atoms with Gasteiger partial charge in [-0.1, -0.05) is 13.8 Å². The Kier molecular flexibility index (Phi) is 10.5. The summed E-state index contributed by atoms with van der Waals surface area (Å²) >= 11 is 1.33. The van der Waals surface area contributed by atoms with Crippen LogP contribution in [0.4, 0.5) is 5.69 Å². The van der Waals surface area contributed by atoms with Crippen molar-refractivity contribution in [3.05, 3.63) is 63.8 Å². The molecule has 10 heteroatoms. The van der Waals surface area contributed by atoms with Gasteiger partial charge >= 0.3 is 0 Å². The zero-order chi connectivity index (χ0) is 26.0. The number of hydrogen-bond donors (Lipinski definition) is 3. The molecule has 2 amide bonds. The van der Waals surface area contributed by atoms with Gasteiger partial charge in [0.2, 0.25) is 0 Å². The van der Waals surface area contributed by atoms with Gasteiger partial charge in [-0.05, 0) is 31.9 Å². The minimum atomic E-state index is -0.446. The molecule has 0 unspecified atom stereocenters. The van der Waals surface area contributed by atoms with E-state index in [9.17, 15) is 9.59 Å². The van der Waals surface area contributed by atoms with Gasteiger partial charge < -0.3 is 26.0 Å². The fourth-order valence-electron chi connectivity index (χ4n) is 3.08. The van der Waals surface area contributed by atoms with Crippen LogP contribution in [0.25, 0.3) is 11.1 Å². The summed E-state index contributed by atoms with van der Waals surface area (Å²) in [7, 11) is 5.47. The third-order valence-corrected chi connectivity index (χ3v) is 5.87. The van der Waals surface area contributed by atoms with Crippen molar-refractivity contribution in [3.8, 4) is 0 Å². The van der Waals surface area contributed by atoms with Crippen molar-refractivity contribution >= 4 is 40.0 Å². The number of carbonyl (C=O) groups is 2. The molecule has 0 saturated heterocycles. The van der Waals surface area contributed by atoms with Crippen molar-refractivity contribution in [2.45, 2.75) is 33.6 Å². The summed E-state index contributed by atoms with van der Waals surface area (Å²) in [6, 6.07) is 1.60. The van der Waals surface area contributed by atoms with Crippen molar-refractivity contribution in [1.82, 2.24) is 20.2 Å². The maximum Gasteiger partial charge on any atom is 0.260 e. The van der Waals surface area contributed by atoms with Gasteiger partial charge in [-0.2, -0.15) is 0 Å². The van der Waals surface area contributed by atoms with E-state index in [2.05, 4.69) is 20.6 Å². The highest BCUT2D eigenvalue weighted by molar-refractivity contribution is 7.14. The molecule has 35 heavy (non-hydrogen) atoms. The number of thiazole rings is 1. The Hall–Kier alpha value is -3.66. The molecule has 9 nitrogen and oxygen atoms in total. The monoisotopic (exact) mass is 498 g/mol. The average molecular weight is 499 g/mol. The minimum Gasteiger partial charge on any atom is -0.496 e. The maximum absolute atomic E-state index is 13.1. The number of nitrogens with zero attached hydrogens (tertiary/aromatic N) is 3. The highest BCUT2D eigenvalue weighted by atomic mass is 32.1. The van der Waals surface area contributed by atoms with Gasteiger partial charge in [0.1, 0.15) is 10.8 Å². The van der Waals surface area contributed by atoms with Crippen LogP contribution in [0.2, 0.25) is 0 Å². The molecule has 0 spiro atoms. The standard InChI is InChI=1S/C25H34N6O3S/c1-7-9-21(34-6)19(15-31(4)5)22-14-29-25(35-22)18(12-26)24(33)30-20-11-17(13-28-16(20)3)23(32)27-10-8-2/h9,11-15H,7-8,10,26H2,1-6H3,(H,27,32)(H,30,33)/b18-12-,19-15+,21-9-. The first kappa shape index (κ1) is 27.6. The van der Waals surface area contributed by atoms with Crippen LogP contribution in [0, 0.1) is 6.92 Å². The van der Waals surface area contributed by atoms with Crippen LogP contribution in [0.1, 0.15) is 52.6 Å². The molecule has 0 radical (unpaired) electrons. The second-order valence-corrected chi connectivity index (χ2v) is 8.89. The summed E-state index contributed by atoms with van der Waals surface area (Å²) in [5.41, 5.74) is 8.27. The Morgan fingerprint density at radius 1 is 1.20 bits per heavy atom. The first-order chi connectivity index (χ1) is 16.7. The third-order valence-electron chi connectivity index (χ3n) is 4.81. The van der Waals surface area contributed by atoms with Gasteiger partial charge in [0.25, 0.3) is 11.8 Å². The molecule has 0 aliphatic heterocycles. The van der Waals surface area contributed by atoms with E-state index in [1.54, 1.807) is 26.3 Å². The molecule has 0 aliphatic carbocycles. The normalized spacial score (nSPS) is 12.3. The molecule has 0 aromatic carbocycles. The van der Waals surface area contributed by atoms with E-state index in [0.29, 0.717) is 28.5 Å². The molecule has 0 atom stereocenters. The van der Waals surface area contributed by atoms with Crippen LogP contribution >= 0.6 is 11.3 Å². The fourth-order valence-corrected chi connectivity index (χ4v) is 4.03. The lowest BCUT2D eigenvalue weighted by Crippen LogP contribution is -2.24. The number of aromatic nitrogens is 2.